The fourth-order valence-electron chi connectivity index (χ4n) is 3.78. The molecule has 4 rings (SSSR count). The predicted molar refractivity (Wildman–Crippen MR) is 78.0 cm³/mol. The Hall–Kier alpha value is -2.15. The summed E-state index contributed by atoms with van der Waals surface area (Å²) in [5, 5.41) is 7.86. The van der Waals surface area contributed by atoms with Crippen molar-refractivity contribution in [2.24, 2.45) is 7.05 Å². The zero-order valence-corrected chi connectivity index (χ0v) is 12.6. The molecule has 2 aliphatic heterocycles. The van der Waals surface area contributed by atoms with Gasteiger partial charge in [0, 0.05) is 56.6 Å². The molecule has 1 amide bonds. The van der Waals surface area contributed by atoms with Crippen LogP contribution in [-0.4, -0.2) is 55.8 Å². The van der Waals surface area contributed by atoms with Crippen molar-refractivity contribution >= 4 is 5.91 Å². The first-order chi connectivity index (χ1) is 10.7. The number of aryl methyl sites for hydroxylation is 1. The van der Waals surface area contributed by atoms with Crippen LogP contribution in [0.2, 0.25) is 0 Å². The zero-order valence-electron chi connectivity index (χ0n) is 12.6. The maximum absolute atomic E-state index is 12.5. The van der Waals surface area contributed by atoms with Gasteiger partial charge >= 0.3 is 0 Å². The lowest BCUT2D eigenvalue weighted by Gasteiger charge is -2.24. The largest absolute Gasteiger partial charge is 0.351 e. The van der Waals surface area contributed by atoms with E-state index in [1.165, 1.54) is 11.8 Å². The second-order valence-corrected chi connectivity index (χ2v) is 6.08. The molecule has 22 heavy (non-hydrogen) atoms. The van der Waals surface area contributed by atoms with Crippen LogP contribution in [0.15, 0.2) is 29.2 Å². The van der Waals surface area contributed by atoms with Gasteiger partial charge in [0.05, 0.1) is 12.4 Å². The molecule has 2 aromatic heterocycles. The maximum Gasteiger partial charge on any atom is 0.292 e. The molecule has 0 unspecified atom stereocenters. The SMILES string of the molecule is Cn1cc(CN2CC[C@@H]3[C@@H]2CCN3C(=O)c2ccno2)cn1. The molecule has 0 spiro atoms. The average Bonchev–Trinajstić information content (AvgIpc) is 3.24. The Morgan fingerprint density at radius 2 is 2.23 bits per heavy atom. The van der Waals surface area contributed by atoms with Gasteiger partial charge in [0.1, 0.15) is 0 Å². The van der Waals surface area contributed by atoms with Gasteiger partial charge < -0.3 is 9.42 Å². The van der Waals surface area contributed by atoms with Gasteiger partial charge in [-0.15, -0.1) is 0 Å². The van der Waals surface area contributed by atoms with E-state index in [1.807, 2.05) is 22.8 Å². The lowest BCUT2D eigenvalue weighted by molar-refractivity contribution is 0.0689. The summed E-state index contributed by atoms with van der Waals surface area (Å²) in [5.41, 5.74) is 1.23. The van der Waals surface area contributed by atoms with Crippen LogP contribution < -0.4 is 0 Å². The molecular weight excluding hydrogens is 282 g/mol. The van der Waals surface area contributed by atoms with Gasteiger partial charge in [-0.2, -0.15) is 5.10 Å². The molecule has 2 fully saturated rings. The summed E-state index contributed by atoms with van der Waals surface area (Å²) >= 11 is 0. The number of hydrogen-bond acceptors (Lipinski definition) is 5. The smallest absolute Gasteiger partial charge is 0.292 e. The number of carbonyl (C=O) groups is 1. The molecule has 0 saturated carbocycles. The molecule has 0 N–H and O–H groups in total. The highest BCUT2D eigenvalue weighted by Crippen LogP contribution is 2.33. The van der Waals surface area contributed by atoms with E-state index in [2.05, 4.69) is 21.4 Å². The van der Waals surface area contributed by atoms with Crippen LogP contribution in [0.4, 0.5) is 0 Å². The Bertz CT molecular complexity index is 665. The van der Waals surface area contributed by atoms with Gasteiger partial charge in [-0.3, -0.25) is 14.4 Å². The maximum atomic E-state index is 12.5. The van der Waals surface area contributed by atoms with Crippen LogP contribution in [-0.2, 0) is 13.6 Å². The normalized spacial score (nSPS) is 24.9. The number of aromatic nitrogens is 3. The van der Waals surface area contributed by atoms with Gasteiger partial charge in [0.2, 0.25) is 5.76 Å². The van der Waals surface area contributed by atoms with Gasteiger partial charge in [-0.25, -0.2) is 0 Å². The molecule has 2 aromatic rings. The third-order valence-corrected chi connectivity index (χ3v) is 4.74. The van der Waals surface area contributed by atoms with E-state index in [0.717, 1.165) is 32.5 Å². The number of likely N-dealkylation sites (tertiary alicyclic amines) is 2. The lowest BCUT2D eigenvalue weighted by Crippen LogP contribution is -2.39. The number of hydrogen-bond donors (Lipinski definition) is 0. The lowest BCUT2D eigenvalue weighted by atomic mass is 10.1. The van der Waals surface area contributed by atoms with E-state index in [1.54, 1.807) is 6.07 Å². The van der Waals surface area contributed by atoms with Crippen LogP contribution >= 0.6 is 0 Å². The van der Waals surface area contributed by atoms with Crippen LogP contribution in [0, 0.1) is 0 Å². The van der Waals surface area contributed by atoms with Crippen LogP contribution in [0.3, 0.4) is 0 Å². The third kappa shape index (κ3) is 2.21. The molecular formula is C15H19N5O2. The average molecular weight is 301 g/mol. The van der Waals surface area contributed by atoms with E-state index in [9.17, 15) is 4.79 Å². The number of carbonyl (C=O) groups excluding carboxylic acids is 1. The summed E-state index contributed by atoms with van der Waals surface area (Å²) in [7, 11) is 1.93. The summed E-state index contributed by atoms with van der Waals surface area (Å²) in [6, 6.07) is 2.36. The first-order valence-electron chi connectivity index (χ1n) is 7.65. The van der Waals surface area contributed by atoms with Gasteiger partial charge in [0.25, 0.3) is 5.91 Å². The molecule has 0 aromatic carbocycles. The third-order valence-electron chi connectivity index (χ3n) is 4.74. The molecule has 4 heterocycles. The Labute approximate surface area is 128 Å². The van der Waals surface area contributed by atoms with Crippen molar-refractivity contribution < 1.29 is 9.32 Å². The van der Waals surface area contributed by atoms with Crippen molar-refractivity contribution in [1.29, 1.82) is 0 Å². The Kier molecular flexibility index (Phi) is 3.22. The summed E-state index contributed by atoms with van der Waals surface area (Å²) in [4.78, 5) is 16.9. The molecule has 0 aliphatic carbocycles. The molecule has 2 aliphatic rings. The highest BCUT2D eigenvalue weighted by atomic mass is 16.5. The van der Waals surface area contributed by atoms with E-state index in [-0.39, 0.29) is 11.9 Å². The monoisotopic (exact) mass is 301 g/mol. The molecule has 116 valence electrons. The molecule has 0 radical (unpaired) electrons. The van der Waals surface area contributed by atoms with E-state index < -0.39 is 0 Å². The molecule has 0 bridgehead atoms. The minimum atomic E-state index is -0.0340. The van der Waals surface area contributed by atoms with Gasteiger partial charge in [0.15, 0.2) is 0 Å². The van der Waals surface area contributed by atoms with Crippen LogP contribution in [0.25, 0.3) is 0 Å². The Morgan fingerprint density at radius 1 is 1.36 bits per heavy atom. The topological polar surface area (TPSA) is 67.4 Å². The number of nitrogens with zero attached hydrogens (tertiary/aromatic N) is 5. The zero-order chi connectivity index (χ0) is 15.1. The molecule has 7 nitrogen and oxygen atoms in total. The highest BCUT2D eigenvalue weighted by molar-refractivity contribution is 5.91. The van der Waals surface area contributed by atoms with Gasteiger partial charge in [-0.1, -0.05) is 5.16 Å². The number of fused-ring (bicyclic) bond motifs is 1. The fraction of sp³-hybridized carbons (Fsp3) is 0.533. The Balaban J connectivity index is 1.46. The first-order valence-corrected chi connectivity index (χ1v) is 7.65. The molecule has 2 atom stereocenters. The van der Waals surface area contributed by atoms with Crippen LogP contribution in [0.5, 0.6) is 0 Å². The van der Waals surface area contributed by atoms with Crippen LogP contribution in [0.1, 0.15) is 29.0 Å². The van der Waals surface area contributed by atoms with Gasteiger partial charge in [-0.05, 0) is 12.8 Å². The molecule has 2 saturated heterocycles. The summed E-state index contributed by atoms with van der Waals surface area (Å²) in [6.07, 6.45) is 7.53. The van der Waals surface area contributed by atoms with Crippen molar-refractivity contribution in [3.63, 3.8) is 0 Å². The number of amides is 1. The second kappa shape index (κ2) is 5.24. The van der Waals surface area contributed by atoms with E-state index >= 15 is 0 Å². The highest BCUT2D eigenvalue weighted by Gasteiger charge is 2.44. The number of rotatable bonds is 3. The van der Waals surface area contributed by atoms with Crippen molar-refractivity contribution in [2.75, 3.05) is 13.1 Å². The minimum Gasteiger partial charge on any atom is -0.351 e. The van der Waals surface area contributed by atoms with Crippen molar-refractivity contribution in [3.05, 3.63) is 36.0 Å². The van der Waals surface area contributed by atoms with E-state index in [4.69, 9.17) is 4.52 Å². The summed E-state index contributed by atoms with van der Waals surface area (Å²) in [6.45, 7) is 2.71. The standard InChI is InChI=1S/C15H19N5O2/c1-18-9-11(8-16-18)10-19-6-3-13-12(19)4-7-20(13)15(21)14-2-5-17-22-14/h2,5,8-9,12-13H,3-4,6-7,10H2,1H3/t12-,13+/m0/s1. The summed E-state index contributed by atoms with van der Waals surface area (Å²) < 4.78 is 6.85. The second-order valence-electron chi connectivity index (χ2n) is 6.08. The Morgan fingerprint density at radius 3 is 2.95 bits per heavy atom. The summed E-state index contributed by atoms with van der Waals surface area (Å²) in [5.74, 6) is 0.305. The van der Waals surface area contributed by atoms with E-state index in [0.29, 0.717) is 11.8 Å². The quantitative estimate of drug-likeness (QED) is 0.842. The minimum absolute atomic E-state index is 0.0340. The van der Waals surface area contributed by atoms with Crippen molar-refractivity contribution in [3.8, 4) is 0 Å². The van der Waals surface area contributed by atoms with Crippen molar-refractivity contribution in [1.82, 2.24) is 24.7 Å². The van der Waals surface area contributed by atoms with Crippen molar-refractivity contribution in [2.45, 2.75) is 31.5 Å². The molecule has 7 heteroatoms. The first kappa shape index (κ1) is 13.5. The predicted octanol–water partition coefficient (Wildman–Crippen LogP) is 0.897. The fourth-order valence-corrected chi connectivity index (χ4v) is 3.78.